The molecule has 0 saturated heterocycles. The molecule has 0 heteroatoms. The molecule has 15 heavy (non-hydrogen) atoms. The number of benzene rings is 1. The molecule has 0 aromatic heterocycles. The van der Waals surface area contributed by atoms with Gasteiger partial charge < -0.3 is 0 Å². The highest BCUT2D eigenvalue weighted by atomic mass is 14.3. The van der Waals surface area contributed by atoms with Gasteiger partial charge in [-0.1, -0.05) is 65.3 Å². The molecule has 0 amide bonds. The highest BCUT2D eigenvalue weighted by Crippen LogP contribution is 2.34. The van der Waals surface area contributed by atoms with Crippen molar-refractivity contribution in [1.29, 1.82) is 0 Å². The van der Waals surface area contributed by atoms with Crippen molar-refractivity contribution in [1.82, 2.24) is 0 Å². The Balaban J connectivity index is 3.41. The Bertz CT molecular complexity index is 345. The Morgan fingerprint density at radius 3 is 1.60 bits per heavy atom. The maximum absolute atomic E-state index is 2.33. The molecule has 0 saturated carbocycles. The molecule has 0 aliphatic rings. The minimum Gasteiger partial charge on any atom is -0.0590 e. The topological polar surface area (TPSA) is 0 Å². The molecule has 0 heterocycles. The van der Waals surface area contributed by atoms with Crippen LogP contribution in [0.3, 0.4) is 0 Å². The van der Waals surface area contributed by atoms with Crippen molar-refractivity contribution in [3.05, 3.63) is 34.9 Å². The molecule has 1 rings (SSSR count). The van der Waals surface area contributed by atoms with Gasteiger partial charge in [-0.05, 0) is 28.9 Å². The van der Waals surface area contributed by atoms with Crippen LogP contribution in [0.1, 0.15) is 58.2 Å². The van der Waals surface area contributed by atoms with Crippen LogP contribution in [0.5, 0.6) is 0 Å². The number of aryl methyl sites for hydroxylation is 1. The summed E-state index contributed by atoms with van der Waals surface area (Å²) in [5.41, 5.74) is 4.77. The summed E-state index contributed by atoms with van der Waals surface area (Å²) in [5, 5.41) is 0. The van der Waals surface area contributed by atoms with Gasteiger partial charge in [-0.3, -0.25) is 0 Å². The van der Waals surface area contributed by atoms with E-state index in [1.165, 1.54) is 16.7 Å². The van der Waals surface area contributed by atoms with Crippen LogP contribution in [0.25, 0.3) is 0 Å². The average Bonchev–Trinajstić information content (AvgIpc) is 2.00. The summed E-state index contributed by atoms with van der Waals surface area (Å²) in [6, 6.07) is 6.84. The van der Waals surface area contributed by atoms with E-state index < -0.39 is 0 Å². The van der Waals surface area contributed by atoms with Gasteiger partial charge in [0.2, 0.25) is 0 Å². The van der Waals surface area contributed by atoms with Crippen LogP contribution in [0, 0.1) is 6.92 Å². The quantitative estimate of drug-likeness (QED) is 0.580. The third-order valence-corrected chi connectivity index (χ3v) is 2.79. The van der Waals surface area contributed by atoms with Crippen molar-refractivity contribution in [3.63, 3.8) is 0 Å². The third kappa shape index (κ3) is 2.84. The lowest BCUT2D eigenvalue weighted by Gasteiger charge is -2.30. The first-order chi connectivity index (χ1) is 6.62. The van der Waals surface area contributed by atoms with Gasteiger partial charge in [0.05, 0.1) is 0 Å². The third-order valence-electron chi connectivity index (χ3n) is 2.79. The molecule has 0 radical (unpaired) electrons. The summed E-state index contributed by atoms with van der Waals surface area (Å²) >= 11 is 0. The lowest BCUT2D eigenvalue weighted by atomic mass is 9.75. The predicted octanol–water partition coefficient (Wildman–Crippen LogP) is 4.59. The Hall–Kier alpha value is -0.780. The molecule has 0 N–H and O–H groups in total. The van der Waals surface area contributed by atoms with E-state index >= 15 is 0 Å². The zero-order valence-electron chi connectivity index (χ0n) is 11.2. The monoisotopic (exact) mass is 204 g/mol. The van der Waals surface area contributed by atoms with E-state index in [0.29, 0.717) is 0 Å². The predicted molar refractivity (Wildman–Crippen MR) is 68.6 cm³/mol. The summed E-state index contributed by atoms with van der Waals surface area (Å²) < 4.78 is 0. The summed E-state index contributed by atoms with van der Waals surface area (Å²) in [6.45, 7) is 15.9. The molecule has 84 valence electrons. The molecule has 0 unspecified atom stereocenters. The lowest BCUT2D eigenvalue weighted by Crippen LogP contribution is -2.21. The van der Waals surface area contributed by atoms with E-state index in [0.717, 1.165) is 0 Å². The number of hydrogen-bond acceptors (Lipinski definition) is 0. The smallest absolute Gasteiger partial charge is 0.0129 e. The first-order valence-corrected chi connectivity index (χ1v) is 5.74. The van der Waals surface area contributed by atoms with Crippen molar-refractivity contribution in [2.75, 3.05) is 0 Å². The van der Waals surface area contributed by atoms with Crippen LogP contribution in [0.15, 0.2) is 18.2 Å². The fourth-order valence-electron chi connectivity index (χ4n) is 1.93. The maximum atomic E-state index is 2.33. The Kier molecular flexibility index (Phi) is 3.00. The van der Waals surface area contributed by atoms with Crippen molar-refractivity contribution in [2.45, 2.75) is 59.3 Å². The molecule has 0 spiro atoms. The van der Waals surface area contributed by atoms with Crippen LogP contribution < -0.4 is 0 Å². The van der Waals surface area contributed by atoms with Gasteiger partial charge in [0.1, 0.15) is 0 Å². The van der Waals surface area contributed by atoms with E-state index in [9.17, 15) is 0 Å². The van der Waals surface area contributed by atoms with Gasteiger partial charge in [-0.2, -0.15) is 0 Å². The molecule has 0 bridgehead atoms. The van der Waals surface area contributed by atoms with Gasteiger partial charge in [-0.15, -0.1) is 0 Å². The standard InChI is InChI=1S/C15H24/c1-11-8-9-12(14(2,3)4)13(10-11)15(5,6)7/h8-10H,1-7H3. The zero-order valence-corrected chi connectivity index (χ0v) is 11.2. The van der Waals surface area contributed by atoms with Crippen molar-refractivity contribution >= 4 is 0 Å². The molecular formula is C15H24. The van der Waals surface area contributed by atoms with Crippen molar-refractivity contribution in [2.24, 2.45) is 0 Å². The summed E-state index contributed by atoms with van der Waals surface area (Å²) in [7, 11) is 0. The molecule has 0 fully saturated rings. The number of hydrogen-bond donors (Lipinski definition) is 0. The molecular weight excluding hydrogens is 180 g/mol. The Labute approximate surface area is 94.7 Å². The number of rotatable bonds is 0. The van der Waals surface area contributed by atoms with Crippen LogP contribution >= 0.6 is 0 Å². The fraction of sp³-hybridized carbons (Fsp3) is 0.600. The van der Waals surface area contributed by atoms with E-state index in [4.69, 9.17) is 0 Å². The highest BCUT2D eigenvalue weighted by Gasteiger charge is 2.24. The lowest BCUT2D eigenvalue weighted by molar-refractivity contribution is 0.530. The van der Waals surface area contributed by atoms with Gasteiger partial charge in [-0.25, -0.2) is 0 Å². The van der Waals surface area contributed by atoms with Gasteiger partial charge in [0, 0.05) is 0 Å². The second-order valence-electron chi connectivity index (χ2n) is 6.55. The van der Waals surface area contributed by atoms with Crippen molar-refractivity contribution in [3.8, 4) is 0 Å². The van der Waals surface area contributed by atoms with Gasteiger partial charge >= 0.3 is 0 Å². The van der Waals surface area contributed by atoms with E-state index in [2.05, 4.69) is 66.7 Å². The van der Waals surface area contributed by atoms with E-state index in [1.54, 1.807) is 0 Å². The molecule has 0 aliphatic heterocycles. The first-order valence-electron chi connectivity index (χ1n) is 5.74. The zero-order chi connectivity index (χ0) is 11.9. The average molecular weight is 204 g/mol. The SMILES string of the molecule is Cc1ccc(C(C)(C)C)c(C(C)(C)C)c1. The van der Waals surface area contributed by atoms with Gasteiger partial charge in [0.25, 0.3) is 0 Å². The summed E-state index contributed by atoms with van der Waals surface area (Å²) in [4.78, 5) is 0. The Morgan fingerprint density at radius 1 is 0.733 bits per heavy atom. The second-order valence-corrected chi connectivity index (χ2v) is 6.55. The van der Waals surface area contributed by atoms with Gasteiger partial charge in [0.15, 0.2) is 0 Å². The minimum atomic E-state index is 0.231. The van der Waals surface area contributed by atoms with Crippen molar-refractivity contribution < 1.29 is 0 Å². The highest BCUT2D eigenvalue weighted by molar-refractivity contribution is 5.40. The summed E-state index contributed by atoms with van der Waals surface area (Å²) in [5.74, 6) is 0. The normalized spacial score (nSPS) is 13.0. The second kappa shape index (κ2) is 3.66. The van der Waals surface area contributed by atoms with Crippen LogP contribution in [0.2, 0.25) is 0 Å². The fourth-order valence-corrected chi connectivity index (χ4v) is 1.93. The van der Waals surface area contributed by atoms with E-state index in [1.807, 2.05) is 0 Å². The first kappa shape index (κ1) is 12.3. The minimum absolute atomic E-state index is 0.231. The summed E-state index contributed by atoms with van der Waals surface area (Å²) in [6.07, 6.45) is 0. The van der Waals surface area contributed by atoms with Crippen LogP contribution in [0.4, 0.5) is 0 Å². The molecule has 0 aliphatic carbocycles. The molecule has 0 atom stereocenters. The van der Waals surface area contributed by atoms with E-state index in [-0.39, 0.29) is 10.8 Å². The maximum Gasteiger partial charge on any atom is -0.0129 e. The van der Waals surface area contributed by atoms with Crippen LogP contribution in [-0.4, -0.2) is 0 Å². The molecule has 0 nitrogen and oxygen atoms in total. The Morgan fingerprint density at radius 2 is 1.20 bits per heavy atom. The molecule has 1 aromatic rings. The molecule has 1 aromatic carbocycles. The van der Waals surface area contributed by atoms with Crippen LogP contribution in [-0.2, 0) is 10.8 Å². The largest absolute Gasteiger partial charge is 0.0590 e.